The highest BCUT2D eigenvalue weighted by Crippen LogP contribution is 2.31. The van der Waals surface area contributed by atoms with Crippen LogP contribution in [0.2, 0.25) is 0 Å². The summed E-state index contributed by atoms with van der Waals surface area (Å²) >= 11 is 0. The fraction of sp³-hybridized carbons (Fsp3) is 0.800. The molecule has 2 N–H and O–H groups in total. The van der Waals surface area contributed by atoms with E-state index in [0.717, 1.165) is 19.3 Å². The molecule has 0 aromatic heterocycles. The molecule has 4 heteroatoms. The van der Waals surface area contributed by atoms with Gasteiger partial charge in [0, 0.05) is 5.92 Å². The fourth-order valence-electron chi connectivity index (χ4n) is 1.92. The summed E-state index contributed by atoms with van der Waals surface area (Å²) < 4.78 is 0. The van der Waals surface area contributed by atoms with E-state index in [1.54, 1.807) is 0 Å². The van der Waals surface area contributed by atoms with Crippen molar-refractivity contribution in [2.75, 3.05) is 0 Å². The van der Waals surface area contributed by atoms with Crippen LogP contribution in [-0.4, -0.2) is 23.0 Å². The SMILES string of the molecule is CC1CCCC1C(=O)N[C@H](C)C(=O)O. The van der Waals surface area contributed by atoms with Crippen LogP contribution in [-0.2, 0) is 9.59 Å². The molecule has 1 aliphatic carbocycles. The van der Waals surface area contributed by atoms with Crippen LogP contribution < -0.4 is 5.32 Å². The van der Waals surface area contributed by atoms with E-state index in [-0.39, 0.29) is 11.8 Å². The molecule has 0 radical (unpaired) electrons. The molecular weight excluding hydrogens is 182 g/mol. The molecule has 1 rings (SSSR count). The number of amides is 1. The molecule has 4 nitrogen and oxygen atoms in total. The van der Waals surface area contributed by atoms with Crippen molar-refractivity contribution in [3.8, 4) is 0 Å². The first-order chi connectivity index (χ1) is 6.52. The van der Waals surface area contributed by atoms with Gasteiger partial charge < -0.3 is 10.4 Å². The minimum absolute atomic E-state index is 0.0109. The van der Waals surface area contributed by atoms with Gasteiger partial charge in [-0.25, -0.2) is 0 Å². The van der Waals surface area contributed by atoms with Crippen LogP contribution in [0.5, 0.6) is 0 Å². The van der Waals surface area contributed by atoms with E-state index in [2.05, 4.69) is 5.32 Å². The van der Waals surface area contributed by atoms with E-state index in [1.807, 2.05) is 6.92 Å². The predicted octanol–water partition coefficient (Wildman–Crippen LogP) is 1.01. The first kappa shape index (κ1) is 11.0. The second-order valence-corrected chi connectivity index (χ2v) is 4.08. The number of hydrogen-bond acceptors (Lipinski definition) is 2. The molecule has 3 atom stereocenters. The molecule has 2 unspecified atom stereocenters. The van der Waals surface area contributed by atoms with Crippen LogP contribution in [0.1, 0.15) is 33.1 Å². The summed E-state index contributed by atoms with van der Waals surface area (Å²) in [6, 6.07) is -0.782. The van der Waals surface area contributed by atoms with Crippen molar-refractivity contribution in [3.05, 3.63) is 0 Å². The topological polar surface area (TPSA) is 66.4 Å². The second-order valence-electron chi connectivity index (χ2n) is 4.08. The van der Waals surface area contributed by atoms with Crippen LogP contribution in [0.15, 0.2) is 0 Å². The average Bonchev–Trinajstić information content (AvgIpc) is 2.51. The number of rotatable bonds is 3. The minimum Gasteiger partial charge on any atom is -0.480 e. The van der Waals surface area contributed by atoms with Gasteiger partial charge in [0.05, 0.1) is 0 Å². The standard InChI is InChI=1S/C10H17NO3/c1-6-4-3-5-8(6)9(12)11-7(2)10(13)14/h6-8H,3-5H2,1-2H3,(H,11,12)(H,13,14)/t6?,7-,8?/m1/s1. The Balaban J connectivity index is 2.45. The maximum atomic E-state index is 11.6. The zero-order chi connectivity index (χ0) is 10.7. The van der Waals surface area contributed by atoms with Gasteiger partial charge in [-0.3, -0.25) is 9.59 Å². The Morgan fingerprint density at radius 1 is 1.43 bits per heavy atom. The quantitative estimate of drug-likeness (QED) is 0.713. The van der Waals surface area contributed by atoms with Gasteiger partial charge >= 0.3 is 5.97 Å². The van der Waals surface area contributed by atoms with E-state index < -0.39 is 12.0 Å². The molecule has 0 bridgehead atoms. The highest BCUT2D eigenvalue weighted by molar-refractivity contribution is 5.85. The highest BCUT2D eigenvalue weighted by atomic mass is 16.4. The van der Waals surface area contributed by atoms with Crippen LogP contribution in [0.4, 0.5) is 0 Å². The molecule has 1 amide bonds. The lowest BCUT2D eigenvalue weighted by Crippen LogP contribution is -2.42. The van der Waals surface area contributed by atoms with Crippen LogP contribution >= 0.6 is 0 Å². The van der Waals surface area contributed by atoms with Gasteiger partial charge in [0.25, 0.3) is 0 Å². The Morgan fingerprint density at radius 3 is 2.50 bits per heavy atom. The molecule has 1 fully saturated rings. The van der Waals surface area contributed by atoms with E-state index in [1.165, 1.54) is 6.92 Å². The predicted molar refractivity (Wildman–Crippen MR) is 51.7 cm³/mol. The molecule has 0 spiro atoms. The second kappa shape index (κ2) is 4.44. The Hall–Kier alpha value is -1.06. The molecule has 80 valence electrons. The molecule has 0 heterocycles. The van der Waals surface area contributed by atoms with Gasteiger partial charge in [0.15, 0.2) is 0 Å². The number of aliphatic carboxylic acids is 1. The number of nitrogens with one attached hydrogen (secondary N) is 1. The number of hydrogen-bond donors (Lipinski definition) is 2. The van der Waals surface area contributed by atoms with Gasteiger partial charge in [-0.1, -0.05) is 13.3 Å². The van der Waals surface area contributed by atoms with Gasteiger partial charge in [0.1, 0.15) is 6.04 Å². The third-order valence-electron chi connectivity index (χ3n) is 2.93. The number of carbonyl (C=O) groups is 2. The molecule has 1 saturated carbocycles. The minimum atomic E-state index is -0.982. The zero-order valence-corrected chi connectivity index (χ0v) is 8.62. The summed E-state index contributed by atoms with van der Waals surface area (Å²) in [5, 5.41) is 11.1. The summed E-state index contributed by atoms with van der Waals surface area (Å²) in [6.07, 6.45) is 3.03. The lowest BCUT2D eigenvalue weighted by molar-refractivity contribution is -0.142. The lowest BCUT2D eigenvalue weighted by atomic mass is 9.97. The lowest BCUT2D eigenvalue weighted by Gasteiger charge is -2.17. The summed E-state index contributed by atoms with van der Waals surface area (Å²) in [6.45, 7) is 3.53. The summed E-state index contributed by atoms with van der Waals surface area (Å²) in [7, 11) is 0. The molecule has 1 aliphatic rings. The van der Waals surface area contributed by atoms with E-state index in [9.17, 15) is 9.59 Å². The first-order valence-electron chi connectivity index (χ1n) is 5.05. The largest absolute Gasteiger partial charge is 0.480 e. The Kier molecular flexibility index (Phi) is 3.49. The molecule has 14 heavy (non-hydrogen) atoms. The fourth-order valence-corrected chi connectivity index (χ4v) is 1.92. The van der Waals surface area contributed by atoms with Crippen molar-refractivity contribution in [2.24, 2.45) is 11.8 Å². The molecule has 0 aliphatic heterocycles. The maximum Gasteiger partial charge on any atom is 0.325 e. The first-order valence-corrected chi connectivity index (χ1v) is 5.05. The Morgan fingerprint density at radius 2 is 2.07 bits per heavy atom. The number of carboxylic acid groups (broad SMARTS) is 1. The third kappa shape index (κ3) is 2.47. The molecule has 0 aromatic rings. The normalized spacial score (nSPS) is 28.4. The van der Waals surface area contributed by atoms with Crippen LogP contribution in [0.25, 0.3) is 0 Å². The molecule has 0 saturated heterocycles. The van der Waals surface area contributed by atoms with Crippen molar-refractivity contribution < 1.29 is 14.7 Å². The van der Waals surface area contributed by atoms with Gasteiger partial charge in [-0.15, -0.1) is 0 Å². The summed E-state index contributed by atoms with van der Waals surface area (Å²) in [4.78, 5) is 22.1. The smallest absolute Gasteiger partial charge is 0.325 e. The van der Waals surface area contributed by atoms with Crippen molar-refractivity contribution in [1.29, 1.82) is 0 Å². The van der Waals surface area contributed by atoms with E-state index >= 15 is 0 Å². The Bertz CT molecular complexity index is 240. The number of carboxylic acids is 1. The average molecular weight is 199 g/mol. The van der Waals surface area contributed by atoms with Crippen molar-refractivity contribution in [3.63, 3.8) is 0 Å². The van der Waals surface area contributed by atoms with Crippen molar-refractivity contribution >= 4 is 11.9 Å². The van der Waals surface area contributed by atoms with E-state index in [0.29, 0.717) is 5.92 Å². The molecular formula is C10H17NO3. The maximum absolute atomic E-state index is 11.6. The summed E-state index contributed by atoms with van der Waals surface area (Å²) in [5.41, 5.74) is 0. The number of carbonyl (C=O) groups excluding carboxylic acids is 1. The molecule has 0 aromatic carbocycles. The third-order valence-corrected chi connectivity index (χ3v) is 2.93. The van der Waals surface area contributed by atoms with Crippen LogP contribution in [0, 0.1) is 11.8 Å². The van der Waals surface area contributed by atoms with Gasteiger partial charge in [-0.05, 0) is 25.7 Å². The Labute approximate surface area is 83.7 Å². The highest BCUT2D eigenvalue weighted by Gasteiger charge is 2.30. The van der Waals surface area contributed by atoms with Gasteiger partial charge in [-0.2, -0.15) is 0 Å². The van der Waals surface area contributed by atoms with Gasteiger partial charge in [0.2, 0.25) is 5.91 Å². The van der Waals surface area contributed by atoms with Crippen molar-refractivity contribution in [1.82, 2.24) is 5.32 Å². The monoisotopic (exact) mass is 199 g/mol. The van der Waals surface area contributed by atoms with Crippen molar-refractivity contribution in [2.45, 2.75) is 39.2 Å². The zero-order valence-electron chi connectivity index (χ0n) is 8.62. The van der Waals surface area contributed by atoms with Crippen LogP contribution in [0.3, 0.4) is 0 Å². The van der Waals surface area contributed by atoms with E-state index in [4.69, 9.17) is 5.11 Å². The summed E-state index contributed by atoms with van der Waals surface area (Å²) in [5.74, 6) is -0.693.